The van der Waals surface area contributed by atoms with Crippen LogP contribution in [0, 0.1) is 5.82 Å². The lowest BCUT2D eigenvalue weighted by molar-refractivity contribution is 0.575. The van der Waals surface area contributed by atoms with Crippen LogP contribution < -0.4 is 11.3 Å². The summed E-state index contributed by atoms with van der Waals surface area (Å²) in [6, 6.07) is 14.9. The minimum Gasteiger partial charge on any atom is -0.271 e. The number of benzene rings is 2. The molecule has 0 aliphatic carbocycles. The van der Waals surface area contributed by atoms with Gasteiger partial charge in [-0.25, -0.2) is 4.39 Å². The molecule has 2 aromatic carbocycles. The highest BCUT2D eigenvalue weighted by atomic mass is 79.9. The third kappa shape index (κ3) is 4.90. The van der Waals surface area contributed by atoms with Crippen molar-refractivity contribution in [2.75, 3.05) is 5.75 Å². The Kier molecular flexibility index (Phi) is 6.04. The summed E-state index contributed by atoms with van der Waals surface area (Å²) >= 11 is 5.13. The third-order valence-electron chi connectivity index (χ3n) is 2.87. The molecule has 0 aliphatic heterocycles. The van der Waals surface area contributed by atoms with Crippen LogP contribution in [-0.4, -0.2) is 11.8 Å². The molecule has 20 heavy (non-hydrogen) atoms. The summed E-state index contributed by atoms with van der Waals surface area (Å²) in [5.74, 6) is 6.23. The van der Waals surface area contributed by atoms with Gasteiger partial charge in [-0.3, -0.25) is 11.3 Å². The van der Waals surface area contributed by atoms with Gasteiger partial charge in [0.15, 0.2) is 0 Å². The van der Waals surface area contributed by atoms with Crippen LogP contribution in [0.25, 0.3) is 0 Å². The van der Waals surface area contributed by atoms with Gasteiger partial charge in [-0.2, -0.15) is 0 Å². The van der Waals surface area contributed by atoms with Gasteiger partial charge in [0.1, 0.15) is 5.82 Å². The van der Waals surface area contributed by atoms with E-state index in [9.17, 15) is 4.39 Å². The highest BCUT2D eigenvalue weighted by Gasteiger charge is 2.09. The van der Waals surface area contributed by atoms with Gasteiger partial charge in [0, 0.05) is 21.2 Å². The second kappa shape index (κ2) is 7.78. The summed E-state index contributed by atoms with van der Waals surface area (Å²) in [6.45, 7) is 0. The second-order valence-electron chi connectivity index (χ2n) is 4.46. The van der Waals surface area contributed by atoms with Crippen LogP contribution in [0.15, 0.2) is 57.9 Å². The lowest BCUT2D eigenvalue weighted by atomic mass is 10.1. The van der Waals surface area contributed by atoms with E-state index < -0.39 is 0 Å². The smallest absolute Gasteiger partial charge is 0.123 e. The lowest BCUT2D eigenvalue weighted by Gasteiger charge is -2.15. The lowest BCUT2D eigenvalue weighted by Crippen LogP contribution is -2.38. The Morgan fingerprint density at radius 1 is 1.20 bits per heavy atom. The molecule has 0 saturated heterocycles. The summed E-state index contributed by atoms with van der Waals surface area (Å²) in [7, 11) is 0. The number of hydrazine groups is 1. The molecule has 0 aromatic heterocycles. The van der Waals surface area contributed by atoms with Gasteiger partial charge in [0.2, 0.25) is 0 Å². The maximum absolute atomic E-state index is 12.8. The van der Waals surface area contributed by atoms with Gasteiger partial charge in [0.05, 0.1) is 0 Å². The van der Waals surface area contributed by atoms with Crippen molar-refractivity contribution in [1.29, 1.82) is 0 Å². The molecule has 2 nitrogen and oxygen atoms in total. The van der Waals surface area contributed by atoms with E-state index in [0.717, 1.165) is 21.5 Å². The molecular formula is C15H16BrFN2S. The zero-order valence-corrected chi connectivity index (χ0v) is 13.3. The number of rotatable bonds is 6. The highest BCUT2D eigenvalue weighted by molar-refractivity contribution is 9.10. The summed E-state index contributed by atoms with van der Waals surface area (Å²) in [5.41, 5.74) is 4.07. The van der Waals surface area contributed by atoms with Crippen LogP contribution >= 0.6 is 27.7 Å². The summed E-state index contributed by atoms with van der Waals surface area (Å²) in [4.78, 5) is 1.04. The van der Waals surface area contributed by atoms with E-state index in [1.807, 2.05) is 12.1 Å². The molecule has 0 saturated carbocycles. The van der Waals surface area contributed by atoms with Crippen LogP contribution in [0.2, 0.25) is 0 Å². The van der Waals surface area contributed by atoms with E-state index in [4.69, 9.17) is 5.84 Å². The van der Waals surface area contributed by atoms with Crippen LogP contribution in [0.5, 0.6) is 0 Å². The Hall–Kier alpha value is -0.880. The molecule has 5 heteroatoms. The molecule has 0 radical (unpaired) electrons. The van der Waals surface area contributed by atoms with Crippen molar-refractivity contribution in [3.05, 3.63) is 64.4 Å². The third-order valence-corrected chi connectivity index (χ3v) is 4.54. The Bertz CT molecular complexity index is 548. The number of halogens is 2. The van der Waals surface area contributed by atoms with E-state index in [0.29, 0.717) is 0 Å². The molecule has 2 aromatic rings. The summed E-state index contributed by atoms with van der Waals surface area (Å²) < 4.78 is 13.9. The fourth-order valence-corrected chi connectivity index (χ4v) is 3.22. The predicted molar refractivity (Wildman–Crippen MR) is 86.1 cm³/mol. The summed E-state index contributed by atoms with van der Waals surface area (Å²) in [5, 5.41) is 0. The van der Waals surface area contributed by atoms with Crippen molar-refractivity contribution in [1.82, 2.24) is 5.43 Å². The van der Waals surface area contributed by atoms with E-state index >= 15 is 0 Å². The number of thioether (sulfide) groups is 1. The second-order valence-corrected chi connectivity index (χ2v) is 6.47. The van der Waals surface area contributed by atoms with Crippen LogP contribution in [0.3, 0.4) is 0 Å². The number of nitrogens with one attached hydrogen (secondary N) is 1. The Balaban J connectivity index is 1.90. The standard InChI is InChI=1S/C15H16BrFN2S/c16-12-3-1-2-11(8-12)9-14(19-18)10-20-15-6-4-13(17)5-7-15/h1-8,14,19H,9-10,18H2. The Labute approximate surface area is 131 Å². The first-order chi connectivity index (χ1) is 9.67. The molecule has 3 N–H and O–H groups in total. The largest absolute Gasteiger partial charge is 0.271 e. The van der Waals surface area contributed by atoms with Crippen molar-refractivity contribution in [2.24, 2.45) is 5.84 Å². The number of hydrogen-bond acceptors (Lipinski definition) is 3. The fourth-order valence-electron chi connectivity index (χ4n) is 1.84. The maximum Gasteiger partial charge on any atom is 0.123 e. The van der Waals surface area contributed by atoms with Crippen molar-refractivity contribution >= 4 is 27.7 Å². The molecule has 0 fully saturated rings. The van der Waals surface area contributed by atoms with Crippen molar-refractivity contribution in [3.63, 3.8) is 0 Å². The van der Waals surface area contributed by atoms with Crippen LogP contribution in [0.4, 0.5) is 4.39 Å². The number of hydrogen-bond donors (Lipinski definition) is 2. The highest BCUT2D eigenvalue weighted by Crippen LogP contribution is 2.20. The van der Waals surface area contributed by atoms with Gasteiger partial charge in [0.25, 0.3) is 0 Å². The van der Waals surface area contributed by atoms with Gasteiger partial charge in [-0.15, -0.1) is 11.8 Å². The molecule has 0 bridgehead atoms. The molecule has 1 unspecified atom stereocenters. The Morgan fingerprint density at radius 2 is 1.95 bits per heavy atom. The molecule has 2 rings (SSSR count). The molecule has 0 heterocycles. The quantitative estimate of drug-likeness (QED) is 0.471. The average molecular weight is 355 g/mol. The zero-order chi connectivity index (χ0) is 14.4. The van der Waals surface area contributed by atoms with E-state index in [1.165, 1.54) is 17.7 Å². The van der Waals surface area contributed by atoms with E-state index in [1.54, 1.807) is 23.9 Å². The molecule has 0 spiro atoms. The SMILES string of the molecule is NNC(CSc1ccc(F)cc1)Cc1cccc(Br)c1. The fraction of sp³-hybridized carbons (Fsp3) is 0.200. The van der Waals surface area contributed by atoms with Gasteiger partial charge in [-0.1, -0.05) is 28.1 Å². The normalized spacial score (nSPS) is 12.3. The first-order valence-electron chi connectivity index (χ1n) is 6.26. The first-order valence-corrected chi connectivity index (χ1v) is 8.04. The molecule has 106 valence electrons. The maximum atomic E-state index is 12.8. The topological polar surface area (TPSA) is 38.0 Å². The van der Waals surface area contributed by atoms with E-state index in [-0.39, 0.29) is 11.9 Å². The van der Waals surface area contributed by atoms with Gasteiger partial charge < -0.3 is 0 Å². The predicted octanol–water partition coefficient (Wildman–Crippen LogP) is 3.75. The van der Waals surface area contributed by atoms with Crippen LogP contribution in [0.1, 0.15) is 5.56 Å². The van der Waals surface area contributed by atoms with Crippen molar-refractivity contribution < 1.29 is 4.39 Å². The minimum atomic E-state index is -0.211. The van der Waals surface area contributed by atoms with Crippen molar-refractivity contribution in [3.8, 4) is 0 Å². The zero-order valence-electron chi connectivity index (χ0n) is 10.9. The summed E-state index contributed by atoms with van der Waals surface area (Å²) in [6.07, 6.45) is 0.851. The first kappa shape index (κ1) is 15.5. The molecule has 0 amide bonds. The van der Waals surface area contributed by atoms with Crippen molar-refractivity contribution in [2.45, 2.75) is 17.4 Å². The van der Waals surface area contributed by atoms with Crippen LogP contribution in [-0.2, 0) is 6.42 Å². The monoisotopic (exact) mass is 354 g/mol. The molecule has 0 aliphatic rings. The molecular weight excluding hydrogens is 339 g/mol. The van der Waals surface area contributed by atoms with E-state index in [2.05, 4.69) is 33.5 Å². The Morgan fingerprint density at radius 3 is 2.60 bits per heavy atom. The van der Waals surface area contributed by atoms with Gasteiger partial charge >= 0.3 is 0 Å². The van der Waals surface area contributed by atoms with Gasteiger partial charge in [-0.05, 0) is 48.4 Å². The number of nitrogens with two attached hydrogens (primary N) is 1. The molecule has 1 atom stereocenters. The average Bonchev–Trinajstić information content (AvgIpc) is 2.45. The minimum absolute atomic E-state index is 0.166.